The highest BCUT2D eigenvalue weighted by atomic mass is 19.1. The Morgan fingerprint density at radius 3 is 2.61 bits per heavy atom. The smallest absolute Gasteiger partial charge is 0.245 e. The Hall–Kier alpha value is -1.91. The topological polar surface area (TPSA) is 40.6 Å². The maximum absolute atomic E-state index is 13.8. The summed E-state index contributed by atoms with van der Waals surface area (Å²) in [6.45, 7) is 4.79. The maximum Gasteiger partial charge on any atom is 0.245 e. The van der Waals surface area contributed by atoms with Crippen LogP contribution in [0.15, 0.2) is 24.3 Å². The largest absolute Gasteiger partial charge is 0.336 e. The van der Waals surface area contributed by atoms with Crippen LogP contribution in [0.3, 0.4) is 0 Å². The molecule has 0 N–H and O–H groups in total. The average molecular weight is 318 g/mol. The number of halogens is 1. The minimum absolute atomic E-state index is 0.0395. The van der Waals surface area contributed by atoms with Gasteiger partial charge in [0.15, 0.2) is 0 Å². The van der Waals surface area contributed by atoms with Crippen LogP contribution in [0.4, 0.5) is 4.39 Å². The van der Waals surface area contributed by atoms with Crippen LogP contribution in [0.1, 0.15) is 31.4 Å². The number of fused-ring (bicyclic) bond motifs is 1. The van der Waals surface area contributed by atoms with Crippen LogP contribution in [0.2, 0.25) is 0 Å². The third kappa shape index (κ3) is 3.09. The second-order valence-corrected chi connectivity index (χ2v) is 6.77. The molecule has 2 heterocycles. The molecule has 1 aromatic carbocycles. The number of hydrogen-bond donors (Lipinski definition) is 0. The van der Waals surface area contributed by atoms with Crippen LogP contribution in [0.25, 0.3) is 0 Å². The fourth-order valence-electron chi connectivity index (χ4n) is 3.49. The predicted octanol–water partition coefficient (Wildman–Crippen LogP) is 2.17. The first-order valence-corrected chi connectivity index (χ1v) is 8.27. The number of alkyl halides is 1. The highest BCUT2D eigenvalue weighted by Crippen LogP contribution is 2.26. The molecule has 4 nitrogen and oxygen atoms in total. The van der Waals surface area contributed by atoms with E-state index in [1.165, 1.54) is 10.5 Å². The average Bonchev–Trinajstić information content (AvgIpc) is 2.94. The monoisotopic (exact) mass is 318 g/mol. The molecule has 124 valence electrons. The number of nitrogens with zero attached hydrogens (tertiary/aromatic N) is 2. The van der Waals surface area contributed by atoms with E-state index in [0.29, 0.717) is 13.1 Å². The molecule has 2 atom stereocenters. The van der Waals surface area contributed by atoms with E-state index in [1.807, 2.05) is 18.2 Å². The molecule has 1 saturated heterocycles. The van der Waals surface area contributed by atoms with Crippen molar-refractivity contribution in [3.05, 3.63) is 35.4 Å². The summed E-state index contributed by atoms with van der Waals surface area (Å²) < 4.78 is 13.8. The van der Waals surface area contributed by atoms with Gasteiger partial charge in [-0.2, -0.15) is 0 Å². The minimum atomic E-state index is -1.11. The first-order valence-electron chi connectivity index (χ1n) is 8.27. The molecule has 1 fully saturated rings. The van der Waals surface area contributed by atoms with Crippen molar-refractivity contribution in [3.63, 3.8) is 0 Å². The lowest BCUT2D eigenvalue weighted by Gasteiger charge is -2.34. The Kier molecular flexibility index (Phi) is 4.37. The van der Waals surface area contributed by atoms with Crippen molar-refractivity contribution in [1.82, 2.24) is 9.80 Å². The van der Waals surface area contributed by atoms with Crippen LogP contribution in [-0.2, 0) is 22.6 Å². The van der Waals surface area contributed by atoms with Gasteiger partial charge in [-0.05, 0) is 17.5 Å². The number of carbonyl (C=O) groups is 2. The summed E-state index contributed by atoms with van der Waals surface area (Å²) in [6, 6.07) is 7.43. The Bertz CT molecular complexity index is 617. The molecule has 0 aliphatic carbocycles. The summed E-state index contributed by atoms with van der Waals surface area (Å²) in [5.41, 5.74) is 2.41. The molecule has 1 aromatic rings. The quantitative estimate of drug-likeness (QED) is 0.838. The van der Waals surface area contributed by atoms with E-state index in [2.05, 4.69) is 6.07 Å². The Morgan fingerprint density at radius 2 is 1.91 bits per heavy atom. The van der Waals surface area contributed by atoms with Crippen molar-refractivity contribution in [2.24, 2.45) is 5.92 Å². The van der Waals surface area contributed by atoms with E-state index in [1.54, 1.807) is 18.7 Å². The zero-order valence-corrected chi connectivity index (χ0v) is 13.7. The van der Waals surface area contributed by atoms with Crippen LogP contribution < -0.4 is 0 Å². The van der Waals surface area contributed by atoms with Crippen LogP contribution in [-0.4, -0.2) is 46.9 Å². The van der Waals surface area contributed by atoms with Crippen molar-refractivity contribution >= 4 is 11.8 Å². The molecule has 5 heteroatoms. The molecular weight excluding hydrogens is 295 g/mol. The van der Waals surface area contributed by atoms with Gasteiger partial charge in [0.1, 0.15) is 12.2 Å². The van der Waals surface area contributed by atoms with Gasteiger partial charge >= 0.3 is 0 Å². The molecule has 0 spiro atoms. The first-order chi connectivity index (χ1) is 11.0. The molecule has 0 aromatic heterocycles. The summed E-state index contributed by atoms with van der Waals surface area (Å²) in [5, 5.41) is 0. The fraction of sp³-hybridized carbons (Fsp3) is 0.556. The molecule has 0 saturated carbocycles. The Labute approximate surface area is 136 Å². The lowest BCUT2D eigenvalue weighted by atomic mass is 9.99. The second kappa shape index (κ2) is 6.30. The van der Waals surface area contributed by atoms with Gasteiger partial charge in [-0.15, -0.1) is 0 Å². The van der Waals surface area contributed by atoms with E-state index in [4.69, 9.17) is 0 Å². The molecule has 2 aliphatic rings. The summed E-state index contributed by atoms with van der Waals surface area (Å²) in [7, 11) is 0. The molecule has 2 aliphatic heterocycles. The maximum atomic E-state index is 13.8. The standard InChI is InChI=1S/C18H23FN2O2/c1-12(2)17(22)21-11-15(19)9-16(21)18(23)20-8-7-13-5-3-4-6-14(13)10-20/h3-6,12,15-16H,7-11H2,1-2H3/t15-,16-/m0/s1. The number of benzene rings is 1. The van der Waals surface area contributed by atoms with Crippen LogP contribution in [0, 0.1) is 5.92 Å². The lowest BCUT2D eigenvalue weighted by Crippen LogP contribution is -2.49. The van der Waals surface area contributed by atoms with Crippen LogP contribution in [0.5, 0.6) is 0 Å². The number of rotatable bonds is 2. The highest BCUT2D eigenvalue weighted by Gasteiger charge is 2.42. The minimum Gasteiger partial charge on any atom is -0.336 e. The van der Waals surface area contributed by atoms with Crippen molar-refractivity contribution in [3.8, 4) is 0 Å². The predicted molar refractivity (Wildman–Crippen MR) is 85.4 cm³/mol. The fourth-order valence-corrected chi connectivity index (χ4v) is 3.49. The van der Waals surface area contributed by atoms with Gasteiger partial charge in [0.2, 0.25) is 11.8 Å². The van der Waals surface area contributed by atoms with E-state index in [-0.39, 0.29) is 30.7 Å². The summed E-state index contributed by atoms with van der Waals surface area (Å²) in [6.07, 6.45) is -0.176. The Balaban J connectivity index is 1.76. The molecule has 3 rings (SSSR count). The van der Waals surface area contributed by atoms with E-state index < -0.39 is 12.2 Å². The molecular formula is C18H23FN2O2. The van der Waals surface area contributed by atoms with Crippen molar-refractivity contribution < 1.29 is 14.0 Å². The van der Waals surface area contributed by atoms with Gasteiger partial charge in [-0.1, -0.05) is 38.1 Å². The summed E-state index contributed by atoms with van der Waals surface area (Å²) in [4.78, 5) is 28.3. The molecule has 0 radical (unpaired) electrons. The zero-order chi connectivity index (χ0) is 16.6. The number of hydrogen-bond acceptors (Lipinski definition) is 2. The van der Waals surface area contributed by atoms with Gasteiger partial charge in [0.05, 0.1) is 6.54 Å². The van der Waals surface area contributed by atoms with E-state index >= 15 is 0 Å². The molecule has 2 amide bonds. The van der Waals surface area contributed by atoms with Gasteiger partial charge in [0.25, 0.3) is 0 Å². The molecule has 23 heavy (non-hydrogen) atoms. The highest BCUT2D eigenvalue weighted by molar-refractivity contribution is 5.89. The molecule has 0 unspecified atom stereocenters. The van der Waals surface area contributed by atoms with Gasteiger partial charge in [-0.3, -0.25) is 9.59 Å². The Morgan fingerprint density at radius 1 is 1.22 bits per heavy atom. The van der Waals surface area contributed by atoms with Crippen molar-refractivity contribution in [1.29, 1.82) is 0 Å². The molecule has 0 bridgehead atoms. The number of carbonyl (C=O) groups excluding carboxylic acids is 2. The van der Waals surface area contributed by atoms with E-state index in [9.17, 15) is 14.0 Å². The first kappa shape index (κ1) is 16.0. The summed E-state index contributed by atoms with van der Waals surface area (Å²) >= 11 is 0. The lowest BCUT2D eigenvalue weighted by molar-refractivity contribution is -0.146. The van der Waals surface area contributed by atoms with Crippen LogP contribution >= 0.6 is 0 Å². The van der Waals surface area contributed by atoms with Crippen molar-refractivity contribution in [2.75, 3.05) is 13.1 Å². The van der Waals surface area contributed by atoms with Gasteiger partial charge in [-0.25, -0.2) is 4.39 Å². The number of amides is 2. The van der Waals surface area contributed by atoms with Crippen molar-refractivity contribution in [2.45, 2.75) is 45.4 Å². The SMILES string of the molecule is CC(C)C(=O)N1C[C@@H](F)C[C@H]1C(=O)N1CCc2ccccc2C1. The zero-order valence-electron chi connectivity index (χ0n) is 13.7. The third-order valence-electron chi connectivity index (χ3n) is 4.75. The van der Waals surface area contributed by atoms with Gasteiger partial charge in [0, 0.05) is 25.4 Å². The normalized spacial score (nSPS) is 24.0. The van der Waals surface area contributed by atoms with Gasteiger partial charge < -0.3 is 9.80 Å². The third-order valence-corrected chi connectivity index (χ3v) is 4.75. The number of likely N-dealkylation sites (tertiary alicyclic amines) is 1. The second-order valence-electron chi connectivity index (χ2n) is 6.77. The summed E-state index contributed by atoms with van der Waals surface area (Å²) in [5.74, 6) is -0.479. The van der Waals surface area contributed by atoms with E-state index in [0.717, 1.165) is 12.0 Å².